The van der Waals surface area contributed by atoms with Crippen LogP contribution in [-0.2, 0) is 0 Å². The zero-order chi connectivity index (χ0) is 21.0. The summed E-state index contributed by atoms with van der Waals surface area (Å²) in [5, 5.41) is 15.3. The standard InChI is InChI=1S/C20H18N6O3/c1-12(10-21)29-16-4-2-3-14(9-16)13-5-7-15(8-6-13)26-11-17(24-20(23)28)18(25-26)19(22)27/h2-9,11-12H,1H3,(H2,22,27)(H3,23,24,28). The number of amides is 3. The van der Waals surface area contributed by atoms with Crippen LogP contribution in [0.4, 0.5) is 10.5 Å². The number of nitrogens with two attached hydrogens (primary N) is 2. The fraction of sp³-hybridized carbons (Fsp3) is 0.100. The fourth-order valence-electron chi connectivity index (χ4n) is 2.70. The van der Waals surface area contributed by atoms with Crippen molar-refractivity contribution in [2.24, 2.45) is 11.5 Å². The van der Waals surface area contributed by atoms with Gasteiger partial charge in [-0.15, -0.1) is 0 Å². The molecule has 3 rings (SSSR count). The lowest BCUT2D eigenvalue weighted by Crippen LogP contribution is -2.22. The number of carbonyl (C=O) groups excluding carboxylic acids is 2. The summed E-state index contributed by atoms with van der Waals surface area (Å²) in [6, 6.07) is 15.9. The molecule has 146 valence electrons. The highest BCUT2D eigenvalue weighted by atomic mass is 16.5. The van der Waals surface area contributed by atoms with Gasteiger partial charge in [-0.25, -0.2) is 9.48 Å². The Labute approximate surface area is 166 Å². The molecule has 3 amide bonds. The Kier molecular flexibility index (Phi) is 5.46. The van der Waals surface area contributed by atoms with E-state index in [1.165, 1.54) is 10.9 Å². The molecule has 1 aromatic heterocycles. The van der Waals surface area contributed by atoms with Crippen LogP contribution in [0.5, 0.6) is 5.75 Å². The quantitative estimate of drug-likeness (QED) is 0.591. The molecule has 0 spiro atoms. The predicted molar refractivity (Wildman–Crippen MR) is 106 cm³/mol. The summed E-state index contributed by atoms with van der Waals surface area (Å²) in [5.74, 6) is -0.187. The monoisotopic (exact) mass is 390 g/mol. The summed E-state index contributed by atoms with van der Waals surface area (Å²) in [4.78, 5) is 22.6. The third kappa shape index (κ3) is 4.51. The highest BCUT2D eigenvalue weighted by Crippen LogP contribution is 2.26. The average molecular weight is 390 g/mol. The van der Waals surface area contributed by atoms with E-state index in [1.54, 1.807) is 25.1 Å². The number of urea groups is 1. The predicted octanol–water partition coefficient (Wildman–Crippen LogP) is 2.42. The van der Waals surface area contributed by atoms with Crippen LogP contribution in [0.2, 0.25) is 0 Å². The minimum absolute atomic E-state index is 0.0932. The topological polar surface area (TPSA) is 149 Å². The maximum atomic E-state index is 11.5. The van der Waals surface area contributed by atoms with E-state index in [4.69, 9.17) is 21.5 Å². The van der Waals surface area contributed by atoms with Crippen LogP contribution >= 0.6 is 0 Å². The molecule has 0 aliphatic carbocycles. The SMILES string of the molecule is CC(C#N)Oc1cccc(-c2ccc(-n3cc(NC(N)=O)c(C(N)=O)n3)cc2)c1. The number of primary amides is 2. The van der Waals surface area contributed by atoms with Crippen molar-refractivity contribution in [1.29, 1.82) is 5.26 Å². The van der Waals surface area contributed by atoms with Crippen molar-refractivity contribution in [2.45, 2.75) is 13.0 Å². The summed E-state index contributed by atoms with van der Waals surface area (Å²) >= 11 is 0. The maximum Gasteiger partial charge on any atom is 0.316 e. The van der Waals surface area contributed by atoms with Gasteiger partial charge >= 0.3 is 6.03 Å². The van der Waals surface area contributed by atoms with E-state index in [0.717, 1.165) is 11.1 Å². The largest absolute Gasteiger partial charge is 0.476 e. The van der Waals surface area contributed by atoms with E-state index in [1.807, 2.05) is 36.4 Å². The van der Waals surface area contributed by atoms with E-state index in [9.17, 15) is 9.59 Å². The molecule has 0 aliphatic rings. The molecule has 2 aromatic carbocycles. The summed E-state index contributed by atoms with van der Waals surface area (Å²) in [6.07, 6.45) is 0.910. The second kappa shape index (κ2) is 8.14. The first kappa shape index (κ1) is 19.4. The molecule has 1 heterocycles. The van der Waals surface area contributed by atoms with Crippen LogP contribution in [-0.4, -0.2) is 27.8 Å². The number of hydrogen-bond acceptors (Lipinski definition) is 5. The Morgan fingerprint density at radius 2 is 1.90 bits per heavy atom. The number of hydrogen-bond donors (Lipinski definition) is 3. The van der Waals surface area contributed by atoms with Crippen molar-refractivity contribution in [3.63, 3.8) is 0 Å². The molecule has 5 N–H and O–H groups in total. The van der Waals surface area contributed by atoms with Crippen molar-refractivity contribution in [1.82, 2.24) is 9.78 Å². The van der Waals surface area contributed by atoms with E-state index in [0.29, 0.717) is 11.4 Å². The number of nitriles is 1. The highest BCUT2D eigenvalue weighted by molar-refractivity contribution is 6.00. The average Bonchev–Trinajstić information content (AvgIpc) is 3.11. The minimum atomic E-state index is -0.824. The third-order valence-corrected chi connectivity index (χ3v) is 4.00. The molecule has 9 nitrogen and oxygen atoms in total. The van der Waals surface area contributed by atoms with Gasteiger partial charge in [0.15, 0.2) is 11.8 Å². The Morgan fingerprint density at radius 1 is 1.17 bits per heavy atom. The Morgan fingerprint density at radius 3 is 2.52 bits per heavy atom. The molecule has 0 saturated heterocycles. The third-order valence-electron chi connectivity index (χ3n) is 4.00. The van der Waals surface area contributed by atoms with E-state index < -0.39 is 18.0 Å². The number of rotatable bonds is 6. The molecular weight excluding hydrogens is 372 g/mol. The van der Waals surface area contributed by atoms with Gasteiger partial charge < -0.3 is 21.5 Å². The lowest BCUT2D eigenvalue weighted by atomic mass is 10.1. The van der Waals surface area contributed by atoms with Gasteiger partial charge in [-0.05, 0) is 42.3 Å². The van der Waals surface area contributed by atoms with Crippen molar-refractivity contribution >= 4 is 17.6 Å². The van der Waals surface area contributed by atoms with Gasteiger partial charge in [0.2, 0.25) is 0 Å². The van der Waals surface area contributed by atoms with Gasteiger partial charge in [0.1, 0.15) is 11.8 Å². The number of nitrogens with zero attached hydrogens (tertiary/aromatic N) is 3. The fourth-order valence-corrected chi connectivity index (χ4v) is 2.70. The van der Waals surface area contributed by atoms with E-state index >= 15 is 0 Å². The van der Waals surface area contributed by atoms with Gasteiger partial charge in [-0.1, -0.05) is 24.3 Å². The second-order valence-electron chi connectivity index (χ2n) is 6.15. The van der Waals surface area contributed by atoms with Crippen molar-refractivity contribution in [2.75, 3.05) is 5.32 Å². The molecule has 9 heteroatoms. The number of carbonyl (C=O) groups is 2. The minimum Gasteiger partial charge on any atom is -0.476 e. The molecule has 3 aromatic rings. The maximum absolute atomic E-state index is 11.5. The lowest BCUT2D eigenvalue weighted by Gasteiger charge is -2.10. The molecule has 1 unspecified atom stereocenters. The summed E-state index contributed by atoms with van der Waals surface area (Å²) in [6.45, 7) is 1.67. The summed E-state index contributed by atoms with van der Waals surface area (Å²) < 4.78 is 6.94. The van der Waals surface area contributed by atoms with Crippen LogP contribution in [0.3, 0.4) is 0 Å². The van der Waals surface area contributed by atoms with Crippen LogP contribution in [0, 0.1) is 11.3 Å². The molecular formula is C20H18N6O3. The van der Waals surface area contributed by atoms with Crippen LogP contribution < -0.4 is 21.5 Å². The normalized spacial score (nSPS) is 11.3. The zero-order valence-corrected chi connectivity index (χ0v) is 15.5. The number of aromatic nitrogens is 2. The molecule has 0 bridgehead atoms. The lowest BCUT2D eigenvalue weighted by molar-refractivity contribution is 0.0996. The summed E-state index contributed by atoms with van der Waals surface area (Å²) in [7, 11) is 0. The van der Waals surface area contributed by atoms with Crippen LogP contribution in [0.15, 0.2) is 54.7 Å². The first-order chi connectivity index (χ1) is 13.9. The first-order valence-corrected chi connectivity index (χ1v) is 8.60. The van der Waals surface area contributed by atoms with Gasteiger partial charge in [0.05, 0.1) is 17.6 Å². The van der Waals surface area contributed by atoms with Crippen molar-refractivity contribution in [3.8, 4) is 28.6 Å². The zero-order valence-electron chi connectivity index (χ0n) is 15.5. The molecule has 0 radical (unpaired) electrons. The van der Waals surface area contributed by atoms with E-state index in [2.05, 4.69) is 10.4 Å². The smallest absolute Gasteiger partial charge is 0.316 e. The first-order valence-electron chi connectivity index (χ1n) is 8.60. The number of anilines is 1. The van der Waals surface area contributed by atoms with Crippen molar-refractivity contribution < 1.29 is 14.3 Å². The van der Waals surface area contributed by atoms with Gasteiger partial charge in [-0.3, -0.25) is 4.79 Å². The Balaban J connectivity index is 1.88. The molecule has 0 aliphatic heterocycles. The second-order valence-corrected chi connectivity index (χ2v) is 6.15. The number of benzene rings is 2. The van der Waals surface area contributed by atoms with E-state index in [-0.39, 0.29) is 11.4 Å². The molecule has 29 heavy (non-hydrogen) atoms. The molecule has 0 saturated carbocycles. The number of nitrogens with one attached hydrogen (secondary N) is 1. The van der Waals surface area contributed by atoms with Crippen LogP contribution in [0.1, 0.15) is 17.4 Å². The van der Waals surface area contributed by atoms with Crippen LogP contribution in [0.25, 0.3) is 16.8 Å². The summed E-state index contributed by atoms with van der Waals surface area (Å²) in [5.41, 5.74) is 12.9. The Bertz CT molecular complexity index is 1100. The number of ether oxygens (including phenoxy) is 1. The van der Waals surface area contributed by atoms with Gasteiger partial charge in [0, 0.05) is 0 Å². The van der Waals surface area contributed by atoms with Gasteiger partial charge in [0.25, 0.3) is 5.91 Å². The molecule has 1 atom stereocenters. The van der Waals surface area contributed by atoms with Gasteiger partial charge in [-0.2, -0.15) is 10.4 Å². The highest BCUT2D eigenvalue weighted by Gasteiger charge is 2.16. The Hall–Kier alpha value is -4.32. The van der Waals surface area contributed by atoms with Crippen molar-refractivity contribution in [3.05, 3.63) is 60.4 Å². The molecule has 0 fully saturated rings.